The number of carbonyl (C=O) groups excluding carboxylic acids is 1. The first-order valence-electron chi connectivity index (χ1n) is 10.6. The lowest BCUT2D eigenvalue weighted by atomic mass is 10.0. The van der Waals surface area contributed by atoms with Gasteiger partial charge in [-0.05, 0) is 31.0 Å². The zero-order valence-corrected chi connectivity index (χ0v) is 18.3. The number of aryl methyl sites for hydroxylation is 2. The van der Waals surface area contributed by atoms with Gasteiger partial charge in [0.2, 0.25) is 0 Å². The predicted octanol–water partition coefficient (Wildman–Crippen LogP) is 4.08. The van der Waals surface area contributed by atoms with Crippen molar-refractivity contribution in [3.8, 4) is 11.3 Å². The minimum atomic E-state index is -0.200. The highest BCUT2D eigenvalue weighted by atomic mass is 16.5. The Morgan fingerprint density at radius 1 is 1.03 bits per heavy atom. The molecule has 0 saturated carbocycles. The largest absolute Gasteiger partial charge is 0.348 e. The van der Waals surface area contributed by atoms with Gasteiger partial charge < -0.3 is 9.84 Å². The highest BCUT2D eigenvalue weighted by Crippen LogP contribution is 2.30. The van der Waals surface area contributed by atoms with Crippen LogP contribution in [0.25, 0.3) is 22.4 Å². The Hall–Kier alpha value is -4.33. The van der Waals surface area contributed by atoms with Crippen molar-refractivity contribution in [2.45, 2.75) is 26.9 Å². The highest BCUT2D eigenvalue weighted by Gasteiger charge is 2.20. The van der Waals surface area contributed by atoms with E-state index in [0.717, 1.165) is 22.3 Å². The van der Waals surface area contributed by atoms with Crippen LogP contribution in [0.15, 0.2) is 71.8 Å². The quantitative estimate of drug-likeness (QED) is 0.429. The maximum absolute atomic E-state index is 13.2. The number of rotatable bonds is 6. The van der Waals surface area contributed by atoms with E-state index in [4.69, 9.17) is 4.52 Å². The van der Waals surface area contributed by atoms with Crippen molar-refractivity contribution >= 4 is 17.0 Å². The van der Waals surface area contributed by atoms with Crippen molar-refractivity contribution in [1.29, 1.82) is 0 Å². The van der Waals surface area contributed by atoms with E-state index in [-0.39, 0.29) is 5.91 Å². The number of carbonyl (C=O) groups is 1. The number of hydrogen-bond donors (Lipinski definition) is 1. The number of hydrogen-bond acceptors (Lipinski definition) is 6. The number of amides is 1. The van der Waals surface area contributed by atoms with Crippen molar-refractivity contribution in [3.05, 3.63) is 95.2 Å². The van der Waals surface area contributed by atoms with Crippen LogP contribution in [0.5, 0.6) is 0 Å². The van der Waals surface area contributed by atoms with E-state index >= 15 is 0 Å². The summed E-state index contributed by atoms with van der Waals surface area (Å²) in [5.74, 6) is -0.200. The van der Waals surface area contributed by atoms with Crippen LogP contribution in [0, 0.1) is 13.8 Å². The van der Waals surface area contributed by atoms with Crippen molar-refractivity contribution in [3.63, 3.8) is 0 Å². The number of aromatic nitrogens is 5. The van der Waals surface area contributed by atoms with E-state index in [1.54, 1.807) is 17.1 Å². The average Bonchev–Trinajstić information content (AvgIpc) is 3.48. The predicted molar refractivity (Wildman–Crippen MR) is 123 cm³/mol. The Morgan fingerprint density at radius 2 is 1.79 bits per heavy atom. The second kappa shape index (κ2) is 8.66. The Kier molecular flexibility index (Phi) is 5.40. The molecule has 0 unspecified atom stereocenters. The van der Waals surface area contributed by atoms with Gasteiger partial charge in [-0.15, -0.1) is 0 Å². The molecule has 3 aromatic heterocycles. The van der Waals surface area contributed by atoms with Gasteiger partial charge in [-0.25, -0.2) is 14.6 Å². The summed E-state index contributed by atoms with van der Waals surface area (Å²) in [5, 5.41) is 12.0. The van der Waals surface area contributed by atoms with Crippen LogP contribution in [0.3, 0.4) is 0 Å². The molecule has 164 valence electrons. The third kappa shape index (κ3) is 4.36. The van der Waals surface area contributed by atoms with Crippen molar-refractivity contribution in [2.75, 3.05) is 0 Å². The van der Waals surface area contributed by atoms with Crippen LogP contribution in [0.2, 0.25) is 0 Å². The molecule has 0 aliphatic rings. The summed E-state index contributed by atoms with van der Waals surface area (Å²) in [7, 11) is 0. The molecule has 0 radical (unpaired) electrons. The summed E-state index contributed by atoms with van der Waals surface area (Å²) in [6.07, 6.45) is 3.20. The average molecular weight is 438 g/mol. The topological polar surface area (TPSA) is 98.7 Å². The number of nitrogens with zero attached hydrogens (tertiary/aromatic N) is 5. The van der Waals surface area contributed by atoms with Gasteiger partial charge >= 0.3 is 0 Å². The first kappa shape index (κ1) is 20.6. The number of nitrogens with one attached hydrogen (secondary N) is 1. The summed E-state index contributed by atoms with van der Waals surface area (Å²) < 4.78 is 7.23. The number of fused-ring (bicyclic) bond motifs is 1. The standard InChI is InChI=1S/C25H22N6O2/c1-16-3-9-20(10-4-16)23-22-21(11-17(2)29-25(22)33-30-23)24(32)27-12-18-5-7-19(8-6-18)13-31-15-26-14-28-31/h3-11,14-15H,12-13H2,1-2H3,(H,27,32). The third-order valence-corrected chi connectivity index (χ3v) is 5.43. The van der Waals surface area contributed by atoms with E-state index in [9.17, 15) is 4.79 Å². The lowest BCUT2D eigenvalue weighted by Crippen LogP contribution is -2.23. The van der Waals surface area contributed by atoms with Crippen LogP contribution >= 0.6 is 0 Å². The maximum atomic E-state index is 13.2. The fourth-order valence-corrected chi connectivity index (χ4v) is 3.70. The minimum absolute atomic E-state index is 0.200. The molecule has 8 heteroatoms. The normalized spacial score (nSPS) is 11.1. The molecule has 3 heterocycles. The number of pyridine rings is 1. The summed E-state index contributed by atoms with van der Waals surface area (Å²) in [6.45, 7) is 4.90. The molecule has 5 rings (SSSR count). The van der Waals surface area contributed by atoms with Gasteiger partial charge in [0.25, 0.3) is 11.6 Å². The molecule has 5 aromatic rings. The SMILES string of the molecule is Cc1ccc(-c2noc3nc(C)cc(C(=O)NCc4ccc(Cn5cncn5)cc4)c23)cc1. The molecule has 2 aromatic carbocycles. The molecular weight excluding hydrogens is 416 g/mol. The van der Waals surface area contributed by atoms with Crippen LogP contribution in [-0.2, 0) is 13.1 Å². The fourth-order valence-electron chi connectivity index (χ4n) is 3.70. The smallest absolute Gasteiger partial charge is 0.259 e. The first-order valence-corrected chi connectivity index (χ1v) is 10.6. The van der Waals surface area contributed by atoms with Crippen molar-refractivity contribution in [1.82, 2.24) is 30.2 Å². The number of benzene rings is 2. The Labute approximate surface area is 190 Å². The van der Waals surface area contributed by atoms with E-state index in [1.165, 1.54) is 6.33 Å². The molecule has 0 bridgehead atoms. The summed E-state index contributed by atoms with van der Waals surface area (Å²) in [4.78, 5) is 21.5. The van der Waals surface area contributed by atoms with Gasteiger partial charge in [0.15, 0.2) is 0 Å². The van der Waals surface area contributed by atoms with Crippen LogP contribution in [-0.4, -0.2) is 30.8 Å². The second-order valence-electron chi connectivity index (χ2n) is 7.98. The van der Waals surface area contributed by atoms with Gasteiger partial charge in [0.05, 0.1) is 17.5 Å². The van der Waals surface area contributed by atoms with Gasteiger partial charge in [0.1, 0.15) is 18.3 Å². The van der Waals surface area contributed by atoms with Crippen LogP contribution in [0.4, 0.5) is 0 Å². The monoisotopic (exact) mass is 438 g/mol. The lowest BCUT2D eigenvalue weighted by Gasteiger charge is -2.09. The van der Waals surface area contributed by atoms with Gasteiger partial charge in [-0.2, -0.15) is 5.10 Å². The van der Waals surface area contributed by atoms with Gasteiger partial charge in [0, 0.05) is 17.8 Å². The molecule has 0 saturated heterocycles. The molecule has 1 amide bonds. The zero-order chi connectivity index (χ0) is 22.8. The summed E-state index contributed by atoms with van der Waals surface area (Å²) in [6, 6.07) is 17.8. The molecule has 8 nitrogen and oxygen atoms in total. The van der Waals surface area contributed by atoms with Crippen LogP contribution < -0.4 is 5.32 Å². The highest BCUT2D eigenvalue weighted by molar-refractivity contribution is 6.09. The van der Waals surface area contributed by atoms with E-state index in [2.05, 4.69) is 25.5 Å². The lowest BCUT2D eigenvalue weighted by molar-refractivity contribution is 0.0952. The third-order valence-electron chi connectivity index (χ3n) is 5.43. The van der Waals surface area contributed by atoms with E-state index < -0.39 is 0 Å². The zero-order valence-electron chi connectivity index (χ0n) is 18.3. The Balaban J connectivity index is 1.37. The molecule has 33 heavy (non-hydrogen) atoms. The summed E-state index contributed by atoms with van der Waals surface area (Å²) >= 11 is 0. The fraction of sp³-hybridized carbons (Fsp3) is 0.160. The Morgan fingerprint density at radius 3 is 2.52 bits per heavy atom. The van der Waals surface area contributed by atoms with Gasteiger partial charge in [-0.3, -0.25) is 4.79 Å². The Bertz CT molecular complexity index is 1400. The summed E-state index contributed by atoms with van der Waals surface area (Å²) in [5.41, 5.74) is 6.28. The molecule has 1 N–H and O–H groups in total. The van der Waals surface area contributed by atoms with Gasteiger partial charge in [-0.1, -0.05) is 59.3 Å². The molecule has 0 spiro atoms. The molecule has 0 aliphatic carbocycles. The van der Waals surface area contributed by atoms with E-state index in [1.807, 2.05) is 62.4 Å². The molecule has 0 fully saturated rings. The molecule has 0 aliphatic heterocycles. The van der Waals surface area contributed by atoms with Crippen LogP contribution in [0.1, 0.15) is 32.7 Å². The minimum Gasteiger partial charge on any atom is -0.348 e. The van der Waals surface area contributed by atoms with Crippen molar-refractivity contribution < 1.29 is 9.32 Å². The molecule has 0 atom stereocenters. The maximum Gasteiger partial charge on any atom is 0.259 e. The first-order chi connectivity index (χ1) is 16.1. The second-order valence-corrected chi connectivity index (χ2v) is 7.98. The molecular formula is C25H22N6O2. The van der Waals surface area contributed by atoms with Crippen molar-refractivity contribution in [2.24, 2.45) is 0 Å². The van der Waals surface area contributed by atoms with E-state index in [0.29, 0.717) is 41.1 Å².